The van der Waals surface area contributed by atoms with Gasteiger partial charge in [0.25, 0.3) is 5.56 Å². The first kappa shape index (κ1) is 21.7. The van der Waals surface area contributed by atoms with E-state index in [1.807, 2.05) is 25.1 Å². The molecule has 0 fully saturated rings. The number of hydrogen-bond acceptors (Lipinski definition) is 5. The van der Waals surface area contributed by atoms with Gasteiger partial charge in [0.2, 0.25) is 0 Å². The summed E-state index contributed by atoms with van der Waals surface area (Å²) in [7, 11) is 0. The Kier molecular flexibility index (Phi) is 5.31. The third kappa shape index (κ3) is 4.24. The second-order valence-electron chi connectivity index (χ2n) is 8.01. The van der Waals surface area contributed by atoms with Crippen molar-refractivity contribution in [3.05, 3.63) is 111 Å². The number of aliphatic imine (C=N–C) groups is 1. The van der Waals surface area contributed by atoms with E-state index in [4.69, 9.17) is 0 Å². The minimum Gasteiger partial charge on any atom is -0.311 e. The number of rotatable bonds is 4. The van der Waals surface area contributed by atoms with Crippen LogP contribution in [0.1, 0.15) is 33.6 Å². The zero-order chi connectivity index (χ0) is 23.9. The first-order valence-corrected chi connectivity index (χ1v) is 10.5. The number of halogens is 3. The van der Waals surface area contributed by atoms with Crippen LogP contribution < -0.4 is 5.56 Å². The lowest BCUT2D eigenvalue weighted by molar-refractivity contribution is -0.141. The van der Waals surface area contributed by atoms with Gasteiger partial charge in [0, 0.05) is 58.8 Å². The molecule has 34 heavy (non-hydrogen) atoms. The molecule has 9 heteroatoms. The number of nitrogens with zero attached hydrogens (tertiary/aromatic N) is 5. The molecule has 0 N–H and O–H groups in total. The van der Waals surface area contributed by atoms with Gasteiger partial charge in [-0.05, 0) is 48.9 Å². The number of hydrogen-bond donors (Lipinski definition) is 0. The summed E-state index contributed by atoms with van der Waals surface area (Å²) in [4.78, 5) is 29.5. The molecule has 4 aromatic rings. The molecule has 5 rings (SSSR count). The predicted molar refractivity (Wildman–Crippen MR) is 121 cm³/mol. The zero-order valence-electron chi connectivity index (χ0n) is 18.0. The summed E-state index contributed by atoms with van der Waals surface area (Å²) < 4.78 is 40.1. The Morgan fingerprint density at radius 1 is 0.971 bits per heavy atom. The maximum Gasteiger partial charge on any atom is 0.433 e. The fourth-order valence-electron chi connectivity index (χ4n) is 3.90. The molecule has 0 saturated carbocycles. The van der Waals surface area contributed by atoms with Crippen LogP contribution in [0.4, 0.5) is 13.2 Å². The van der Waals surface area contributed by atoms with E-state index in [-0.39, 0.29) is 12.1 Å². The molecule has 0 saturated heterocycles. The molecular formula is C25H18F3N5O. The molecule has 0 amide bonds. The molecule has 5 heterocycles. The van der Waals surface area contributed by atoms with Gasteiger partial charge in [0.15, 0.2) is 0 Å². The maximum absolute atomic E-state index is 12.9. The second-order valence-corrected chi connectivity index (χ2v) is 8.01. The summed E-state index contributed by atoms with van der Waals surface area (Å²) in [6.45, 7) is 2.45. The Balaban J connectivity index is 1.43. The third-order valence-electron chi connectivity index (χ3n) is 5.58. The Labute approximate surface area is 192 Å². The summed E-state index contributed by atoms with van der Waals surface area (Å²) in [6, 6.07) is 11.4. The van der Waals surface area contributed by atoms with Crippen molar-refractivity contribution in [3.63, 3.8) is 0 Å². The van der Waals surface area contributed by atoms with E-state index in [2.05, 4.69) is 19.9 Å². The monoisotopic (exact) mass is 461 g/mol. The molecule has 0 unspecified atom stereocenters. The van der Waals surface area contributed by atoms with Crippen molar-refractivity contribution in [3.8, 4) is 11.3 Å². The van der Waals surface area contributed by atoms with E-state index < -0.39 is 11.9 Å². The highest BCUT2D eigenvalue weighted by Gasteiger charge is 2.32. The lowest BCUT2D eigenvalue weighted by atomic mass is 9.99. The van der Waals surface area contributed by atoms with E-state index in [1.165, 1.54) is 16.7 Å². The first-order valence-electron chi connectivity index (χ1n) is 10.5. The van der Waals surface area contributed by atoms with E-state index in [1.54, 1.807) is 24.7 Å². The molecule has 6 nitrogen and oxygen atoms in total. The summed E-state index contributed by atoms with van der Waals surface area (Å²) in [5, 5.41) is 0. The number of aryl methyl sites for hydroxylation is 1. The van der Waals surface area contributed by atoms with Crippen LogP contribution in [0.25, 0.3) is 11.3 Å². The third-order valence-corrected chi connectivity index (χ3v) is 5.58. The van der Waals surface area contributed by atoms with Crippen LogP contribution in [0.3, 0.4) is 0 Å². The van der Waals surface area contributed by atoms with Crippen molar-refractivity contribution in [1.29, 1.82) is 0 Å². The molecule has 0 aliphatic carbocycles. The van der Waals surface area contributed by atoms with Crippen molar-refractivity contribution >= 4 is 5.71 Å². The molecule has 170 valence electrons. The highest BCUT2D eigenvalue weighted by Crippen LogP contribution is 2.28. The molecule has 1 aliphatic rings. The molecule has 0 radical (unpaired) electrons. The summed E-state index contributed by atoms with van der Waals surface area (Å²) >= 11 is 0. The fraction of sp³-hybridized carbons (Fsp3) is 0.160. The van der Waals surface area contributed by atoms with Crippen LogP contribution in [0.5, 0.6) is 0 Å². The van der Waals surface area contributed by atoms with Crippen LogP contribution in [-0.2, 0) is 19.3 Å². The summed E-state index contributed by atoms with van der Waals surface area (Å²) in [5.41, 5.74) is 4.91. The van der Waals surface area contributed by atoms with Gasteiger partial charge >= 0.3 is 6.18 Å². The van der Waals surface area contributed by atoms with Crippen LogP contribution in [0, 0.1) is 6.92 Å². The van der Waals surface area contributed by atoms with Crippen molar-refractivity contribution in [2.45, 2.75) is 26.2 Å². The average Bonchev–Trinajstić information content (AvgIpc) is 3.23. The van der Waals surface area contributed by atoms with Gasteiger partial charge < -0.3 is 4.57 Å². The molecular weight excluding hydrogens is 443 g/mol. The van der Waals surface area contributed by atoms with Crippen molar-refractivity contribution in [2.24, 2.45) is 4.99 Å². The van der Waals surface area contributed by atoms with Gasteiger partial charge in [0.1, 0.15) is 5.69 Å². The summed E-state index contributed by atoms with van der Waals surface area (Å²) in [5.74, 6) is 0. The SMILES string of the molecule is Cc1cc(C2=NCc3cnc(-c4ccn(Cc5ccnc(C(F)(F)F)c5)c(=O)c4)cc32)ccn1. The quantitative estimate of drug-likeness (QED) is 0.451. The highest BCUT2D eigenvalue weighted by atomic mass is 19.4. The largest absolute Gasteiger partial charge is 0.433 e. The number of pyridine rings is 4. The standard InChI is InChI=1S/C25H18F3N5O/c1-15-8-18(3-6-29-15)24-20-11-21(31-12-19(20)13-32-24)17-4-7-33(23(34)10-17)14-16-2-5-30-22(9-16)25(26,27)28/h2-12H,13-14H2,1H3. The molecule has 4 aromatic heterocycles. The molecule has 0 aromatic carbocycles. The van der Waals surface area contributed by atoms with Crippen molar-refractivity contribution in [1.82, 2.24) is 19.5 Å². The van der Waals surface area contributed by atoms with Crippen molar-refractivity contribution in [2.75, 3.05) is 0 Å². The van der Waals surface area contributed by atoms with E-state index >= 15 is 0 Å². The Bertz CT molecular complexity index is 1490. The zero-order valence-corrected chi connectivity index (χ0v) is 18.0. The predicted octanol–water partition coefficient (Wildman–Crippen LogP) is 4.43. The average molecular weight is 461 g/mol. The number of fused-ring (bicyclic) bond motifs is 1. The highest BCUT2D eigenvalue weighted by molar-refractivity contribution is 6.15. The second kappa shape index (κ2) is 8.33. The van der Waals surface area contributed by atoms with Gasteiger partial charge in [-0.2, -0.15) is 13.2 Å². The Morgan fingerprint density at radius 2 is 1.79 bits per heavy atom. The van der Waals surface area contributed by atoms with E-state index in [0.29, 0.717) is 23.4 Å². The van der Waals surface area contributed by atoms with Crippen molar-refractivity contribution < 1.29 is 13.2 Å². The molecule has 0 atom stereocenters. The van der Waals surface area contributed by atoms with Gasteiger partial charge in [-0.15, -0.1) is 0 Å². The van der Waals surface area contributed by atoms with Gasteiger partial charge in [-0.25, -0.2) is 0 Å². The van der Waals surface area contributed by atoms with Crippen LogP contribution in [-0.4, -0.2) is 25.2 Å². The van der Waals surface area contributed by atoms with Crippen LogP contribution in [0.2, 0.25) is 0 Å². The Hall–Kier alpha value is -4.14. The minimum atomic E-state index is -4.54. The van der Waals surface area contributed by atoms with Gasteiger partial charge in [0.05, 0.1) is 24.5 Å². The minimum absolute atomic E-state index is 0.000525. The fourth-order valence-corrected chi connectivity index (χ4v) is 3.90. The van der Waals surface area contributed by atoms with Crippen LogP contribution in [0.15, 0.2) is 77.0 Å². The first-order chi connectivity index (χ1) is 16.3. The lowest BCUT2D eigenvalue weighted by Crippen LogP contribution is -2.19. The van der Waals surface area contributed by atoms with E-state index in [0.717, 1.165) is 40.4 Å². The molecule has 0 bridgehead atoms. The smallest absolute Gasteiger partial charge is 0.311 e. The number of alkyl halides is 3. The topological polar surface area (TPSA) is 73.0 Å². The lowest BCUT2D eigenvalue weighted by Gasteiger charge is -2.11. The summed E-state index contributed by atoms with van der Waals surface area (Å²) in [6.07, 6.45) is 1.61. The molecule has 1 aliphatic heterocycles. The molecule has 0 spiro atoms. The normalized spacial score (nSPS) is 13.0. The van der Waals surface area contributed by atoms with Crippen LogP contribution >= 0.6 is 0 Å². The maximum atomic E-state index is 12.9. The van der Waals surface area contributed by atoms with Gasteiger partial charge in [-0.3, -0.25) is 24.7 Å². The van der Waals surface area contributed by atoms with Gasteiger partial charge in [-0.1, -0.05) is 0 Å². The Morgan fingerprint density at radius 3 is 2.56 bits per heavy atom. The van der Waals surface area contributed by atoms with E-state index in [9.17, 15) is 18.0 Å². The number of aromatic nitrogens is 4.